The van der Waals surface area contributed by atoms with Crippen LogP contribution in [0.15, 0.2) is 123 Å². The van der Waals surface area contributed by atoms with Gasteiger partial charge in [-0.15, -0.1) is 0 Å². The van der Waals surface area contributed by atoms with Crippen LogP contribution in [-0.2, 0) is 66.4 Å². The van der Waals surface area contributed by atoms with Gasteiger partial charge in [-0.25, -0.2) is 30.8 Å². The molecule has 452 valence electrons. The van der Waals surface area contributed by atoms with Gasteiger partial charge in [-0.3, -0.25) is 13.8 Å². The Bertz CT molecular complexity index is 3620. The zero-order chi connectivity index (χ0) is 60.2. The van der Waals surface area contributed by atoms with Crippen LogP contribution < -0.4 is 29.6 Å². The average Bonchev–Trinajstić information content (AvgIpc) is 2.39. The molecule has 7 rings (SSSR count). The van der Waals surface area contributed by atoms with Gasteiger partial charge in [0.15, 0.2) is 0 Å². The van der Waals surface area contributed by atoms with E-state index >= 15 is 0 Å². The van der Waals surface area contributed by atoms with Gasteiger partial charge in [0.25, 0.3) is 0 Å². The molecule has 1 atom stereocenters. The second-order valence-corrected chi connectivity index (χ2v) is 23.4. The van der Waals surface area contributed by atoms with Crippen molar-refractivity contribution in [3.8, 4) is 39.4 Å². The van der Waals surface area contributed by atoms with Gasteiger partial charge in [0.2, 0.25) is 21.3 Å². The summed E-state index contributed by atoms with van der Waals surface area (Å²) in [6, 6.07) is 31.6. The van der Waals surface area contributed by atoms with Gasteiger partial charge in [0.1, 0.15) is 40.3 Å². The summed E-state index contributed by atoms with van der Waals surface area (Å²) in [6.45, 7) is 15.0. The molecule has 1 aromatic heterocycles. The summed E-state index contributed by atoms with van der Waals surface area (Å²) in [6.07, 6.45) is 1.67. The molecule has 1 aliphatic heterocycles. The number of amides is 1. The number of ketones is 1. The van der Waals surface area contributed by atoms with Crippen LogP contribution in [0.25, 0.3) is 50.4 Å². The van der Waals surface area contributed by atoms with E-state index < -0.39 is 41.2 Å². The summed E-state index contributed by atoms with van der Waals surface area (Å²) in [5.74, 6) is 0.334. The molecule has 2 aliphatic rings. The number of carbonyl (C=O) groups excluding carboxylic acids is 2. The number of Topliss-reactive ketones (excluding diaryl/α,β-unsaturated/α-hetero) is 1. The number of hydrogen-bond donors (Lipinski definition) is 3. The molecule has 2 heterocycles. The highest BCUT2D eigenvalue weighted by Crippen LogP contribution is 2.43. The Kier molecular flexibility index (Phi) is 24.3. The van der Waals surface area contributed by atoms with Crippen LogP contribution in [0, 0.1) is 6.92 Å². The van der Waals surface area contributed by atoms with Crippen LogP contribution in [0.5, 0.6) is 0 Å². The van der Waals surface area contributed by atoms with E-state index in [1.54, 1.807) is 28.9 Å². The first-order chi connectivity index (χ1) is 40.4. The first-order valence-electron chi connectivity index (χ1n) is 28.1. The molecule has 3 N–H and O–H groups in total. The quantitative estimate of drug-likeness (QED) is 0.0119. The van der Waals surface area contributed by atoms with E-state index in [1.807, 2.05) is 101 Å². The molecule has 0 fully saturated rings. The van der Waals surface area contributed by atoms with Gasteiger partial charge >= 0.3 is 0 Å². The zero-order valence-corrected chi connectivity index (χ0v) is 50.5. The van der Waals surface area contributed by atoms with Gasteiger partial charge < -0.3 is 47.4 Å². The number of ether oxygens (including phenoxy) is 4. The monoisotopic (exact) mass is 1210 g/mol. The number of nitrogens with one attached hydrogen (secondary N) is 3. The number of sulfonamides is 1. The second kappa shape index (κ2) is 31.4. The number of rotatable bonds is 35. The summed E-state index contributed by atoms with van der Waals surface area (Å²) in [5, 5.41) is 9.06. The van der Waals surface area contributed by atoms with Crippen LogP contribution >= 0.6 is 0 Å². The zero-order valence-electron chi connectivity index (χ0n) is 48.1. The van der Waals surface area contributed by atoms with Crippen molar-refractivity contribution in [2.45, 2.75) is 76.5 Å². The van der Waals surface area contributed by atoms with Crippen molar-refractivity contribution in [1.82, 2.24) is 24.4 Å². The fourth-order valence-electron chi connectivity index (χ4n) is 9.51. The van der Waals surface area contributed by atoms with E-state index in [9.17, 15) is 39.7 Å². The number of aryl methyl sites for hydroxylation is 2. The van der Waals surface area contributed by atoms with Crippen LogP contribution in [0.1, 0.15) is 64.6 Å². The summed E-state index contributed by atoms with van der Waals surface area (Å²) in [5.41, 5.74) is 7.17. The third-order valence-corrected chi connectivity index (χ3v) is 16.6. The minimum atomic E-state index is -5.21. The van der Waals surface area contributed by atoms with Gasteiger partial charge in [0, 0.05) is 108 Å². The SMILES string of the molecule is CCN(CC)c1ccc2c(-c3ccc(S(=O)(=O)NCCOCCOCCOCCOCCC(=O)NCCCC(=O)CCc4cc(-c5ccc(C)cc5)n(-c5ccc(NS(=O)[O-])cc5)n4)cc3S(=O)(=O)[O-])c3ccc(=[N+](CC)CC)cc-3oc2c1. The smallest absolute Gasteiger partial charge is 0.240 e. The van der Waals surface area contributed by atoms with Gasteiger partial charge in [-0.05, 0) is 108 Å². The van der Waals surface area contributed by atoms with Crippen LogP contribution in [0.3, 0.4) is 0 Å². The van der Waals surface area contributed by atoms with Crippen molar-refractivity contribution in [2.24, 2.45) is 0 Å². The van der Waals surface area contributed by atoms with Crippen molar-refractivity contribution in [1.29, 1.82) is 0 Å². The number of fused-ring (bicyclic) bond motifs is 2. The fourth-order valence-corrected chi connectivity index (χ4v) is 11.7. The maximum atomic E-state index is 13.5. The molecule has 0 saturated carbocycles. The van der Waals surface area contributed by atoms with Crippen molar-refractivity contribution >= 4 is 65.4 Å². The van der Waals surface area contributed by atoms with Crippen LogP contribution in [-0.4, -0.2) is 144 Å². The summed E-state index contributed by atoms with van der Waals surface area (Å²) >= 11 is -2.44. The maximum Gasteiger partial charge on any atom is 0.240 e. The number of benzene rings is 5. The number of anilines is 2. The van der Waals surface area contributed by atoms with Crippen molar-refractivity contribution in [2.75, 3.05) is 102 Å². The van der Waals surface area contributed by atoms with Crippen LogP contribution in [0.2, 0.25) is 0 Å². The minimum Gasteiger partial charge on any atom is -0.755 e. The molecule has 5 aromatic rings. The molecule has 24 heteroatoms. The fraction of sp³-hybridized carbons (Fsp3) is 0.400. The molecule has 0 radical (unpaired) electrons. The lowest BCUT2D eigenvalue weighted by atomic mass is 9.93. The summed E-state index contributed by atoms with van der Waals surface area (Å²) in [7, 11) is -9.49. The summed E-state index contributed by atoms with van der Waals surface area (Å²) < 4.78 is 125. The largest absolute Gasteiger partial charge is 0.755 e. The van der Waals surface area contributed by atoms with E-state index in [0.29, 0.717) is 59.4 Å². The Balaban J connectivity index is 0.763. The maximum absolute atomic E-state index is 13.5. The van der Waals surface area contributed by atoms with Crippen molar-refractivity contribution in [3.63, 3.8) is 0 Å². The van der Waals surface area contributed by atoms with E-state index in [2.05, 4.69) is 24.2 Å². The highest BCUT2D eigenvalue weighted by atomic mass is 32.2. The molecule has 84 heavy (non-hydrogen) atoms. The van der Waals surface area contributed by atoms with Crippen molar-refractivity contribution in [3.05, 3.63) is 126 Å². The Hall–Kier alpha value is -6.71. The number of aromatic nitrogens is 2. The Morgan fingerprint density at radius 3 is 2.02 bits per heavy atom. The molecule has 1 amide bonds. The Morgan fingerprint density at radius 2 is 1.38 bits per heavy atom. The molecule has 1 aliphatic carbocycles. The van der Waals surface area contributed by atoms with Gasteiger partial charge in [-0.1, -0.05) is 35.9 Å². The number of nitrogens with zero attached hydrogens (tertiary/aromatic N) is 4. The predicted octanol–water partition coefficient (Wildman–Crippen LogP) is 6.97. The van der Waals surface area contributed by atoms with E-state index in [-0.39, 0.29) is 89.5 Å². The lowest BCUT2D eigenvalue weighted by Gasteiger charge is -2.23. The lowest BCUT2D eigenvalue weighted by Crippen LogP contribution is -2.29. The molecular formula is C60H74N7O14S3-. The second-order valence-electron chi connectivity index (χ2n) is 19.6. The molecule has 21 nitrogen and oxygen atoms in total. The molecule has 0 bridgehead atoms. The minimum absolute atomic E-state index is 0.0156. The van der Waals surface area contributed by atoms with E-state index in [1.165, 1.54) is 12.1 Å². The van der Waals surface area contributed by atoms with E-state index in [0.717, 1.165) is 71.5 Å². The average molecular weight is 1210 g/mol. The normalized spacial score (nSPS) is 12.2. The Morgan fingerprint density at radius 1 is 0.726 bits per heavy atom. The Labute approximate surface area is 493 Å². The number of hydrogen-bond acceptors (Lipinski definition) is 16. The van der Waals surface area contributed by atoms with E-state index in [4.69, 9.17) is 28.5 Å². The third-order valence-electron chi connectivity index (χ3n) is 13.9. The highest BCUT2D eigenvalue weighted by molar-refractivity contribution is 7.89. The molecule has 0 spiro atoms. The molecule has 1 unspecified atom stereocenters. The number of carbonyl (C=O) groups is 2. The highest BCUT2D eigenvalue weighted by Gasteiger charge is 2.26. The standard InChI is InChI=1S/C60H75N7O14S3/c1-6-65(7-2)48-21-25-52-56(40-48)81-57-41-49(66(8-3)9-4)22-26-53(57)60(52)54-27-24-51(42-58(54)84(74,75)76)83(72,73)62-30-32-78-34-36-80-38-37-79-35-33-77-31-28-59(69)61-29-10-11-50(68)23-18-46-39-55(44-14-12-43(5)13-15-44)67(63-46)47-19-16-45(17-20-47)64-82(70)71/h12-17,19-22,24-27,39-42,62,64H,6-11,18,23,28-38H2,1-5H3,(H2-,61,69,70,71,74,75,76)/p-1. The molecule has 0 saturated heterocycles. The third kappa shape index (κ3) is 18.2. The topological polar surface area (TPSA) is 276 Å². The summed E-state index contributed by atoms with van der Waals surface area (Å²) in [4.78, 5) is 26.2. The molecule has 4 aromatic carbocycles. The van der Waals surface area contributed by atoms with Gasteiger partial charge in [0.05, 0.1) is 85.8 Å². The first-order valence-corrected chi connectivity index (χ1v) is 32.0. The first kappa shape index (κ1) is 64.8. The van der Waals surface area contributed by atoms with Crippen molar-refractivity contribution < 1.29 is 63.1 Å². The predicted molar refractivity (Wildman–Crippen MR) is 321 cm³/mol. The lowest BCUT2D eigenvalue weighted by molar-refractivity contribution is -0.123. The van der Waals surface area contributed by atoms with Crippen LogP contribution in [0.4, 0.5) is 11.4 Å². The van der Waals surface area contributed by atoms with Gasteiger partial charge in [-0.2, -0.15) is 5.10 Å². The molecular weight excluding hydrogens is 1140 g/mol.